The van der Waals surface area contributed by atoms with E-state index in [9.17, 15) is 14.7 Å². The second-order valence-electron chi connectivity index (χ2n) is 9.18. The maximum atomic E-state index is 13.3. The number of anilines is 3. The summed E-state index contributed by atoms with van der Waals surface area (Å²) in [6.07, 6.45) is 2.37. The molecular formula is C28H24ClN5O4S. The second-order valence-corrected chi connectivity index (χ2v) is 10.6. The summed E-state index contributed by atoms with van der Waals surface area (Å²) < 4.78 is 5.89. The summed E-state index contributed by atoms with van der Waals surface area (Å²) >= 11 is 7.92. The zero-order valence-corrected chi connectivity index (χ0v) is 22.2. The van der Waals surface area contributed by atoms with Gasteiger partial charge in [-0.3, -0.25) is 14.5 Å². The van der Waals surface area contributed by atoms with Gasteiger partial charge >= 0.3 is 0 Å². The highest BCUT2D eigenvalue weighted by Gasteiger charge is 2.34. The summed E-state index contributed by atoms with van der Waals surface area (Å²) in [5.74, 6) is 0.805. The Balaban J connectivity index is 1.29. The second kappa shape index (κ2) is 10.2. The van der Waals surface area contributed by atoms with Gasteiger partial charge in [0.15, 0.2) is 0 Å². The van der Waals surface area contributed by atoms with Gasteiger partial charge in [0, 0.05) is 31.4 Å². The van der Waals surface area contributed by atoms with Gasteiger partial charge in [-0.05, 0) is 42.8 Å². The predicted molar refractivity (Wildman–Crippen MR) is 152 cm³/mol. The summed E-state index contributed by atoms with van der Waals surface area (Å²) in [5.41, 5.74) is 1.74. The number of aliphatic hydroxyl groups excluding tert-OH is 1. The average Bonchev–Trinajstić information content (AvgIpc) is 3.55. The fraction of sp³-hybridized carbons (Fsp3) is 0.179. The van der Waals surface area contributed by atoms with Gasteiger partial charge < -0.3 is 25.4 Å². The van der Waals surface area contributed by atoms with Crippen molar-refractivity contribution in [1.29, 1.82) is 0 Å². The Morgan fingerprint density at radius 2 is 2.00 bits per heavy atom. The quantitative estimate of drug-likeness (QED) is 0.281. The first-order valence-corrected chi connectivity index (χ1v) is 13.5. The van der Waals surface area contributed by atoms with E-state index in [2.05, 4.69) is 22.2 Å². The molecule has 6 rings (SSSR count). The van der Waals surface area contributed by atoms with Crippen molar-refractivity contribution in [2.45, 2.75) is 18.8 Å². The van der Waals surface area contributed by atoms with Crippen LogP contribution in [-0.2, 0) is 4.79 Å². The number of benzene rings is 2. The van der Waals surface area contributed by atoms with Crippen LogP contribution in [0.15, 0.2) is 73.4 Å². The van der Waals surface area contributed by atoms with E-state index >= 15 is 0 Å². The van der Waals surface area contributed by atoms with Crippen molar-refractivity contribution in [3.05, 3.63) is 83.3 Å². The number of hydrogen-bond donors (Lipinski definition) is 3. The molecule has 2 aliphatic rings. The Morgan fingerprint density at radius 1 is 1.18 bits per heavy atom. The first-order chi connectivity index (χ1) is 18.9. The van der Waals surface area contributed by atoms with E-state index in [1.807, 2.05) is 30.3 Å². The number of aromatic nitrogens is 1. The maximum absolute atomic E-state index is 13.3. The van der Waals surface area contributed by atoms with Crippen LogP contribution < -0.4 is 20.3 Å². The molecule has 3 N–H and O–H groups in total. The highest BCUT2D eigenvalue weighted by atomic mass is 35.5. The number of carbonyl (C=O) groups excluding carboxylic acids is 2. The molecule has 9 nitrogen and oxygen atoms in total. The molecule has 1 unspecified atom stereocenters. The molecule has 39 heavy (non-hydrogen) atoms. The van der Waals surface area contributed by atoms with Gasteiger partial charge in [0.2, 0.25) is 12.3 Å². The summed E-state index contributed by atoms with van der Waals surface area (Å²) in [6.45, 7) is 4.51. The monoisotopic (exact) mass is 561 g/mol. The molecule has 4 aromatic rings. The van der Waals surface area contributed by atoms with Gasteiger partial charge in [-0.1, -0.05) is 36.4 Å². The lowest BCUT2D eigenvalue weighted by Gasteiger charge is -2.35. The Kier molecular flexibility index (Phi) is 6.59. The van der Waals surface area contributed by atoms with Crippen LogP contribution >= 0.6 is 22.9 Å². The molecule has 2 aromatic carbocycles. The molecule has 11 heteroatoms. The van der Waals surface area contributed by atoms with Crippen molar-refractivity contribution in [2.24, 2.45) is 0 Å². The van der Waals surface area contributed by atoms with E-state index in [0.717, 1.165) is 0 Å². The number of nitrogens with zero attached hydrogens (tertiary/aromatic N) is 3. The third kappa shape index (κ3) is 4.67. The lowest BCUT2D eigenvalue weighted by Crippen LogP contribution is -2.41. The number of ether oxygens (including phenoxy) is 1. The van der Waals surface area contributed by atoms with Crippen LogP contribution in [0, 0.1) is 0 Å². The number of amides is 2. The smallest absolute Gasteiger partial charge is 0.263 e. The summed E-state index contributed by atoms with van der Waals surface area (Å²) in [6, 6.07) is 16.2. The van der Waals surface area contributed by atoms with Crippen molar-refractivity contribution in [3.63, 3.8) is 0 Å². The van der Waals surface area contributed by atoms with Crippen molar-refractivity contribution >= 4 is 62.0 Å². The Morgan fingerprint density at radius 3 is 2.77 bits per heavy atom. The molecule has 1 fully saturated rings. The molecule has 0 bridgehead atoms. The van der Waals surface area contributed by atoms with Gasteiger partial charge in [-0.25, -0.2) is 4.98 Å². The number of nitrogens with one attached hydrogen (secondary N) is 2. The molecule has 0 radical (unpaired) electrons. The van der Waals surface area contributed by atoms with Crippen molar-refractivity contribution in [1.82, 2.24) is 15.2 Å². The van der Waals surface area contributed by atoms with E-state index in [-0.39, 0.29) is 17.9 Å². The summed E-state index contributed by atoms with van der Waals surface area (Å²) in [7, 11) is 0. The number of pyridine rings is 1. The average molecular weight is 562 g/mol. The molecule has 4 heterocycles. The van der Waals surface area contributed by atoms with Gasteiger partial charge in [-0.15, -0.1) is 11.3 Å². The molecule has 1 saturated heterocycles. The molecule has 0 spiro atoms. The minimum atomic E-state index is -1.20. The van der Waals surface area contributed by atoms with Crippen LogP contribution in [0.5, 0.6) is 11.5 Å². The van der Waals surface area contributed by atoms with Crippen LogP contribution in [-0.4, -0.2) is 52.3 Å². The Labute approximate surface area is 233 Å². The largest absolute Gasteiger partial charge is 0.457 e. The standard InChI is InChI=1S/C28H24ClN5O4S/c1-2-22(35)33-13-11-16(15-33)31-26(36)25-24-23-21(10-12-30-27(23)39-25)34(28(37)32-24)20-9-8-18(14-19(20)29)38-17-6-4-3-5-7-17/h2-10,12,14,16,28,32,37H,1,11,13,15H2,(H,31,36)/t16-,28?/m1/s1. The summed E-state index contributed by atoms with van der Waals surface area (Å²) in [4.78, 5) is 34.1. The normalized spacial score (nSPS) is 18.1. The van der Waals surface area contributed by atoms with Crippen LogP contribution in [0.25, 0.3) is 10.2 Å². The minimum Gasteiger partial charge on any atom is -0.457 e. The van der Waals surface area contributed by atoms with E-state index in [1.165, 1.54) is 17.4 Å². The molecule has 2 aromatic heterocycles. The van der Waals surface area contributed by atoms with E-state index < -0.39 is 6.35 Å². The Bertz CT molecular complexity index is 1590. The zero-order chi connectivity index (χ0) is 27.1. The Hall–Kier alpha value is -4.12. The highest BCUT2D eigenvalue weighted by molar-refractivity contribution is 7.21. The maximum Gasteiger partial charge on any atom is 0.263 e. The van der Waals surface area contributed by atoms with Crippen molar-refractivity contribution in [2.75, 3.05) is 23.3 Å². The topological polar surface area (TPSA) is 107 Å². The lowest BCUT2D eigenvalue weighted by atomic mass is 10.1. The lowest BCUT2D eigenvalue weighted by molar-refractivity contribution is -0.125. The molecule has 0 aliphatic carbocycles. The van der Waals surface area contributed by atoms with Gasteiger partial charge in [-0.2, -0.15) is 0 Å². The van der Waals surface area contributed by atoms with Crippen LogP contribution in [0.4, 0.5) is 17.1 Å². The minimum absolute atomic E-state index is 0.152. The molecule has 2 atom stereocenters. The molecule has 198 valence electrons. The number of thiophene rings is 1. The van der Waals surface area contributed by atoms with Gasteiger partial charge in [0.05, 0.1) is 27.5 Å². The fourth-order valence-electron chi connectivity index (χ4n) is 4.92. The predicted octanol–water partition coefficient (Wildman–Crippen LogP) is 5.10. The number of likely N-dealkylation sites (tertiary alicyclic amines) is 1. The third-order valence-corrected chi connectivity index (χ3v) is 8.12. The van der Waals surface area contributed by atoms with E-state index in [4.69, 9.17) is 16.3 Å². The molecular weight excluding hydrogens is 538 g/mol. The van der Waals surface area contributed by atoms with Gasteiger partial charge in [0.25, 0.3) is 5.91 Å². The first-order valence-electron chi connectivity index (χ1n) is 12.3. The molecule has 2 amide bonds. The highest BCUT2D eigenvalue weighted by Crippen LogP contribution is 2.48. The third-order valence-electron chi connectivity index (χ3n) is 6.72. The SMILES string of the molecule is C=CC(=O)N1CC[C@@H](NC(=O)c2sc3nccc4c3c2NC(O)N4c2ccc(Oc3ccccc3)cc2Cl)C1. The van der Waals surface area contributed by atoms with Crippen molar-refractivity contribution in [3.8, 4) is 11.5 Å². The van der Waals surface area contributed by atoms with Gasteiger partial charge in [0.1, 0.15) is 21.2 Å². The molecule has 0 saturated carbocycles. The van der Waals surface area contributed by atoms with Crippen LogP contribution in [0.3, 0.4) is 0 Å². The number of rotatable bonds is 6. The molecule has 2 aliphatic heterocycles. The first kappa shape index (κ1) is 25.2. The number of hydrogen-bond acceptors (Lipinski definition) is 8. The van der Waals surface area contributed by atoms with Crippen molar-refractivity contribution < 1.29 is 19.4 Å². The number of carbonyl (C=O) groups is 2. The van der Waals surface area contributed by atoms with E-state index in [1.54, 1.807) is 40.3 Å². The number of halogens is 1. The number of aliphatic hydroxyl groups is 1. The number of para-hydroxylation sites is 1. The summed E-state index contributed by atoms with van der Waals surface area (Å²) in [5, 5.41) is 18.4. The zero-order valence-electron chi connectivity index (χ0n) is 20.6. The van der Waals surface area contributed by atoms with Crippen LogP contribution in [0.2, 0.25) is 5.02 Å². The van der Waals surface area contributed by atoms with Crippen LogP contribution in [0.1, 0.15) is 16.1 Å². The fourth-order valence-corrected chi connectivity index (χ4v) is 6.21. The van der Waals surface area contributed by atoms with E-state index in [0.29, 0.717) is 68.2 Å².